The molecule has 1 amide bonds. The van der Waals surface area contributed by atoms with Crippen molar-refractivity contribution >= 4 is 34.4 Å². The molecule has 0 saturated carbocycles. The van der Waals surface area contributed by atoms with Crippen LogP contribution in [0.5, 0.6) is 0 Å². The molecule has 0 aliphatic heterocycles. The lowest BCUT2D eigenvalue weighted by Gasteiger charge is -2.04. The van der Waals surface area contributed by atoms with Crippen molar-refractivity contribution in [2.75, 3.05) is 6.54 Å². The number of hydrogen-bond acceptors (Lipinski definition) is 7. The van der Waals surface area contributed by atoms with Crippen LogP contribution in [0, 0.1) is 0 Å². The van der Waals surface area contributed by atoms with Crippen LogP contribution in [0.1, 0.15) is 22.7 Å². The van der Waals surface area contributed by atoms with E-state index in [-0.39, 0.29) is 42.9 Å². The van der Waals surface area contributed by atoms with Crippen LogP contribution in [0.25, 0.3) is 22.4 Å². The van der Waals surface area contributed by atoms with Crippen LogP contribution in [-0.2, 0) is 16.1 Å². The Morgan fingerprint density at radius 1 is 1.13 bits per heavy atom. The summed E-state index contributed by atoms with van der Waals surface area (Å²) in [6.45, 7) is -0.0410. The van der Waals surface area contributed by atoms with Crippen molar-refractivity contribution < 1.29 is 18.8 Å². The molecular weight excluding hydrogens is 410 g/mol. The van der Waals surface area contributed by atoms with Gasteiger partial charge in [-0.25, -0.2) is 0 Å². The molecule has 2 aromatic heterocycles. The van der Waals surface area contributed by atoms with Crippen molar-refractivity contribution in [3.63, 3.8) is 0 Å². The van der Waals surface area contributed by atoms with Gasteiger partial charge in [0.15, 0.2) is 12.3 Å². The Morgan fingerprint density at radius 3 is 2.80 bits per heavy atom. The summed E-state index contributed by atoms with van der Waals surface area (Å²) < 4.78 is 10.3. The number of nitrogens with one attached hydrogen (secondary N) is 2. The third kappa shape index (κ3) is 4.31. The number of H-pyrrole nitrogens is 1. The van der Waals surface area contributed by atoms with Crippen LogP contribution in [-0.4, -0.2) is 38.8 Å². The van der Waals surface area contributed by atoms with E-state index in [1.807, 2.05) is 18.2 Å². The first-order valence-corrected chi connectivity index (χ1v) is 9.44. The number of nitrogens with zero attached hydrogens (tertiary/aromatic N) is 3. The zero-order valence-corrected chi connectivity index (χ0v) is 16.3. The quantitative estimate of drug-likeness (QED) is 0.436. The average Bonchev–Trinajstić information content (AvgIpc) is 3.40. The number of hydrogen-bond donors (Lipinski definition) is 2. The molecule has 0 saturated heterocycles. The average molecular weight is 426 g/mol. The number of amides is 1. The largest absolute Gasteiger partial charge is 0.457 e. The summed E-state index contributed by atoms with van der Waals surface area (Å²) in [5.74, 6) is -0.426. The van der Waals surface area contributed by atoms with Gasteiger partial charge in [0.25, 0.3) is 11.8 Å². The molecule has 0 aliphatic carbocycles. The van der Waals surface area contributed by atoms with Crippen molar-refractivity contribution in [2.45, 2.75) is 13.0 Å². The van der Waals surface area contributed by atoms with E-state index in [0.717, 1.165) is 5.52 Å². The number of rotatable bonds is 7. The summed E-state index contributed by atoms with van der Waals surface area (Å²) in [5.41, 5.74) is 1.63. The summed E-state index contributed by atoms with van der Waals surface area (Å²) in [7, 11) is 0. The molecule has 10 heteroatoms. The fourth-order valence-electron chi connectivity index (χ4n) is 2.77. The number of carbonyl (C=O) groups is 2. The summed E-state index contributed by atoms with van der Waals surface area (Å²) in [5, 5.41) is 14.4. The lowest BCUT2D eigenvalue weighted by atomic mass is 10.2. The Labute approximate surface area is 175 Å². The van der Waals surface area contributed by atoms with Crippen molar-refractivity contribution in [1.82, 2.24) is 25.7 Å². The topological polar surface area (TPSA) is 123 Å². The summed E-state index contributed by atoms with van der Waals surface area (Å²) in [6.07, 6.45) is -0.0106. The zero-order valence-electron chi connectivity index (χ0n) is 15.6. The van der Waals surface area contributed by atoms with E-state index in [0.29, 0.717) is 16.0 Å². The number of aromatic amines is 1. The predicted octanol–water partition coefficient (Wildman–Crippen LogP) is 3.13. The zero-order chi connectivity index (χ0) is 20.9. The monoisotopic (exact) mass is 425 g/mol. The van der Waals surface area contributed by atoms with E-state index < -0.39 is 5.97 Å². The SMILES string of the molecule is O=C(CCNC(=O)c1n[nH]c2ccccc12)OCc1noc(-c2ccccc2Cl)n1. The van der Waals surface area contributed by atoms with Crippen LogP contribution in [0.2, 0.25) is 5.02 Å². The van der Waals surface area contributed by atoms with Gasteiger partial charge in [0.05, 0.1) is 22.5 Å². The summed E-state index contributed by atoms with van der Waals surface area (Å²) in [6, 6.07) is 14.3. The van der Waals surface area contributed by atoms with Gasteiger partial charge in [-0.3, -0.25) is 14.7 Å². The van der Waals surface area contributed by atoms with Gasteiger partial charge in [-0.1, -0.05) is 47.1 Å². The highest BCUT2D eigenvalue weighted by molar-refractivity contribution is 6.33. The fourth-order valence-corrected chi connectivity index (χ4v) is 2.99. The first-order valence-electron chi connectivity index (χ1n) is 9.06. The Hall–Kier alpha value is -3.72. The van der Waals surface area contributed by atoms with Crippen molar-refractivity contribution in [3.8, 4) is 11.5 Å². The molecule has 4 rings (SSSR count). The molecule has 0 atom stereocenters. The van der Waals surface area contributed by atoms with E-state index >= 15 is 0 Å². The predicted molar refractivity (Wildman–Crippen MR) is 108 cm³/mol. The fraction of sp³-hybridized carbons (Fsp3) is 0.150. The molecule has 9 nitrogen and oxygen atoms in total. The smallest absolute Gasteiger partial charge is 0.308 e. The molecule has 0 spiro atoms. The molecule has 0 bridgehead atoms. The first-order chi connectivity index (χ1) is 14.6. The third-order valence-corrected chi connectivity index (χ3v) is 4.56. The Kier molecular flexibility index (Phi) is 5.71. The second kappa shape index (κ2) is 8.75. The van der Waals surface area contributed by atoms with Gasteiger partial charge in [0.1, 0.15) is 0 Å². The molecule has 4 aromatic rings. The van der Waals surface area contributed by atoms with Gasteiger partial charge in [-0.05, 0) is 18.2 Å². The van der Waals surface area contributed by atoms with Gasteiger partial charge in [-0.2, -0.15) is 10.1 Å². The van der Waals surface area contributed by atoms with Gasteiger partial charge in [-0.15, -0.1) is 0 Å². The standard InChI is InChI=1S/C20H16ClN5O4/c21-14-7-3-1-5-12(14)20-23-16(26-30-20)11-29-17(27)9-10-22-19(28)18-13-6-2-4-8-15(13)24-25-18/h1-8H,9-11H2,(H,22,28)(H,24,25). The maximum atomic E-state index is 12.3. The number of aromatic nitrogens is 4. The van der Waals surface area contributed by atoms with Gasteiger partial charge in [0, 0.05) is 11.9 Å². The third-order valence-electron chi connectivity index (χ3n) is 4.23. The van der Waals surface area contributed by atoms with Gasteiger partial charge < -0.3 is 14.6 Å². The van der Waals surface area contributed by atoms with Crippen molar-refractivity contribution in [1.29, 1.82) is 0 Å². The molecule has 0 aliphatic rings. The molecule has 2 aromatic carbocycles. The van der Waals surface area contributed by atoms with E-state index in [1.54, 1.807) is 30.3 Å². The maximum Gasteiger partial charge on any atom is 0.308 e. The number of benzene rings is 2. The van der Waals surface area contributed by atoms with Gasteiger partial charge >= 0.3 is 5.97 Å². The minimum absolute atomic E-state index is 0.0106. The Morgan fingerprint density at radius 2 is 1.93 bits per heavy atom. The van der Waals surface area contributed by atoms with Crippen molar-refractivity contribution in [2.24, 2.45) is 0 Å². The number of halogens is 1. The molecule has 2 heterocycles. The van der Waals surface area contributed by atoms with Crippen molar-refractivity contribution in [3.05, 3.63) is 65.1 Å². The van der Waals surface area contributed by atoms with E-state index in [4.69, 9.17) is 20.9 Å². The van der Waals surface area contributed by atoms with Crippen LogP contribution in [0.3, 0.4) is 0 Å². The van der Waals surface area contributed by atoms with E-state index in [2.05, 4.69) is 25.7 Å². The van der Waals surface area contributed by atoms with E-state index in [1.165, 1.54) is 0 Å². The molecule has 0 unspecified atom stereocenters. The number of para-hydroxylation sites is 1. The second-order valence-electron chi connectivity index (χ2n) is 6.28. The minimum Gasteiger partial charge on any atom is -0.457 e. The van der Waals surface area contributed by atoms with Crippen LogP contribution < -0.4 is 5.32 Å². The number of esters is 1. The second-order valence-corrected chi connectivity index (χ2v) is 6.69. The number of ether oxygens (including phenoxy) is 1. The van der Waals surface area contributed by atoms with Crippen LogP contribution in [0.4, 0.5) is 0 Å². The Bertz CT molecular complexity index is 1200. The molecule has 152 valence electrons. The number of carbonyl (C=O) groups excluding carboxylic acids is 2. The van der Waals surface area contributed by atoms with Crippen LogP contribution >= 0.6 is 11.6 Å². The normalized spacial score (nSPS) is 10.8. The molecule has 0 fully saturated rings. The highest BCUT2D eigenvalue weighted by atomic mass is 35.5. The van der Waals surface area contributed by atoms with E-state index in [9.17, 15) is 9.59 Å². The summed E-state index contributed by atoms with van der Waals surface area (Å²) >= 11 is 6.09. The molecular formula is C20H16ClN5O4. The molecule has 2 N–H and O–H groups in total. The highest BCUT2D eigenvalue weighted by Gasteiger charge is 2.15. The van der Waals surface area contributed by atoms with Gasteiger partial charge in [0.2, 0.25) is 5.82 Å². The minimum atomic E-state index is -0.508. The molecule has 30 heavy (non-hydrogen) atoms. The van der Waals surface area contributed by atoms with Crippen LogP contribution in [0.15, 0.2) is 53.1 Å². The lowest BCUT2D eigenvalue weighted by molar-refractivity contribution is -0.145. The highest BCUT2D eigenvalue weighted by Crippen LogP contribution is 2.25. The maximum absolute atomic E-state index is 12.3. The Balaban J connectivity index is 1.25. The lowest BCUT2D eigenvalue weighted by Crippen LogP contribution is -2.27. The first kappa shape index (κ1) is 19.6. The molecule has 0 radical (unpaired) electrons. The summed E-state index contributed by atoms with van der Waals surface area (Å²) in [4.78, 5) is 28.3. The number of fused-ring (bicyclic) bond motifs is 1.